The van der Waals surface area contributed by atoms with Gasteiger partial charge >= 0.3 is 80.7 Å². The van der Waals surface area contributed by atoms with Crippen molar-refractivity contribution in [3.05, 3.63) is 36.5 Å². The molecule has 0 unspecified atom stereocenters. The average Bonchev–Trinajstić information content (AvgIpc) is 2.17. The van der Waals surface area contributed by atoms with E-state index in [4.69, 9.17) is 3.53 Å². The van der Waals surface area contributed by atoms with Crippen LogP contribution in [-0.4, -0.2) is 23.9 Å². The topological polar surface area (TPSA) is 22.1 Å². The van der Waals surface area contributed by atoms with Crippen molar-refractivity contribution in [2.24, 2.45) is 0 Å². The van der Waals surface area contributed by atoms with Crippen LogP contribution in [0.5, 0.6) is 5.75 Å². The summed E-state index contributed by atoms with van der Waals surface area (Å²) in [6, 6.07) is 9.87. The molecule has 2 aromatic rings. The van der Waals surface area contributed by atoms with Gasteiger partial charge < -0.3 is 0 Å². The van der Waals surface area contributed by atoms with Gasteiger partial charge in [0.25, 0.3) is 0 Å². The molecule has 1 aromatic carbocycles. The zero-order chi connectivity index (χ0) is 8.39. The maximum atomic E-state index is 5.23. The van der Waals surface area contributed by atoms with Crippen LogP contribution < -0.4 is 3.53 Å². The van der Waals surface area contributed by atoms with E-state index in [1.54, 1.807) is 6.20 Å². The van der Waals surface area contributed by atoms with Crippen LogP contribution in [0.3, 0.4) is 0 Å². The molecule has 0 spiro atoms. The van der Waals surface area contributed by atoms with Crippen LogP contribution in [0.2, 0.25) is 0 Å². The molecule has 56 valence electrons. The van der Waals surface area contributed by atoms with E-state index in [1.807, 2.05) is 30.3 Å². The summed E-state index contributed by atoms with van der Waals surface area (Å²) in [5.41, 5.74) is 0.935. The molecule has 0 aliphatic carbocycles. The predicted octanol–water partition coefficient (Wildman–Crippen LogP) is 1.70. The number of nitrogens with zero attached hydrogens (tertiary/aromatic N) is 1. The number of pyridine rings is 1. The van der Waals surface area contributed by atoms with Gasteiger partial charge in [-0.2, -0.15) is 0 Å². The summed E-state index contributed by atoms with van der Waals surface area (Å²) in [6.45, 7) is 0. The van der Waals surface area contributed by atoms with Gasteiger partial charge in [-0.25, -0.2) is 0 Å². The van der Waals surface area contributed by atoms with E-state index in [9.17, 15) is 0 Å². The molecule has 12 heavy (non-hydrogen) atoms. The second-order valence-electron chi connectivity index (χ2n) is 2.45. The summed E-state index contributed by atoms with van der Waals surface area (Å²) >= 11 is 1.23. The number of hydrogen-bond donors (Lipinski definition) is 0. The summed E-state index contributed by atoms with van der Waals surface area (Å²) in [5, 5.41) is 1.12. The van der Waals surface area contributed by atoms with E-state index < -0.39 is 0 Å². The molecule has 0 N–H and O–H groups in total. The Morgan fingerprint density at radius 2 is 2.00 bits per heavy atom. The van der Waals surface area contributed by atoms with Crippen molar-refractivity contribution in [2.45, 2.75) is 0 Å². The minimum atomic E-state index is 0.855. The third-order valence-corrected chi connectivity index (χ3v) is 2.26. The molecule has 0 aliphatic heterocycles. The van der Waals surface area contributed by atoms with Crippen molar-refractivity contribution in [1.29, 1.82) is 0 Å². The molecule has 2 rings (SSSR count). The zero-order valence-corrected chi connectivity index (χ0v) is 8.82. The minimum absolute atomic E-state index is 0.855. The van der Waals surface area contributed by atoms with Gasteiger partial charge in [-0.15, -0.1) is 0 Å². The summed E-state index contributed by atoms with van der Waals surface area (Å²) in [5.74, 6) is 0.855. The number of fused-ring (bicyclic) bond motifs is 1. The number of benzene rings is 1. The molecular formula is C9H6GaNO. The SMILES string of the molecule is [Ga][O]c1cccc2cccnc12. The molecule has 0 fully saturated rings. The Bertz CT molecular complexity index is 397. The quantitative estimate of drug-likeness (QED) is 0.673. The fourth-order valence-corrected chi connectivity index (χ4v) is 1.57. The maximum absolute atomic E-state index is 5.23. The molecule has 1 aromatic heterocycles. The Kier molecular flexibility index (Phi) is 2.06. The van der Waals surface area contributed by atoms with Crippen molar-refractivity contribution in [1.82, 2.24) is 4.98 Å². The van der Waals surface area contributed by atoms with Gasteiger partial charge in [-0.1, -0.05) is 0 Å². The van der Waals surface area contributed by atoms with E-state index in [2.05, 4.69) is 4.98 Å². The molecule has 2 radical (unpaired) electrons. The third-order valence-electron chi connectivity index (χ3n) is 1.72. The van der Waals surface area contributed by atoms with Crippen LogP contribution >= 0.6 is 0 Å². The second-order valence-corrected chi connectivity index (χ2v) is 2.94. The van der Waals surface area contributed by atoms with Gasteiger partial charge in [0.15, 0.2) is 0 Å². The summed E-state index contributed by atoms with van der Waals surface area (Å²) < 4.78 is 5.23. The van der Waals surface area contributed by atoms with Crippen molar-refractivity contribution >= 4 is 29.9 Å². The van der Waals surface area contributed by atoms with Gasteiger partial charge in [0.05, 0.1) is 0 Å². The van der Waals surface area contributed by atoms with E-state index in [-0.39, 0.29) is 0 Å². The second kappa shape index (κ2) is 3.21. The van der Waals surface area contributed by atoms with Crippen LogP contribution in [-0.2, 0) is 0 Å². The Morgan fingerprint density at radius 3 is 2.83 bits per heavy atom. The molecule has 3 heteroatoms. The predicted molar refractivity (Wildman–Crippen MR) is 48.1 cm³/mol. The van der Waals surface area contributed by atoms with Crippen molar-refractivity contribution in [2.75, 3.05) is 0 Å². The Labute approximate surface area is 80.9 Å². The standard InChI is InChI=1S/C9H7NO.Ga/c11-8-5-1-3-7-4-2-6-10-9(7)8;/h1-6,11H;/q;+1/p-1. The van der Waals surface area contributed by atoms with Gasteiger partial charge in [0.1, 0.15) is 0 Å². The molecule has 0 saturated carbocycles. The van der Waals surface area contributed by atoms with E-state index >= 15 is 0 Å². The number of para-hydroxylation sites is 1. The van der Waals surface area contributed by atoms with Crippen molar-refractivity contribution in [3.8, 4) is 5.75 Å². The van der Waals surface area contributed by atoms with Crippen LogP contribution in [0.4, 0.5) is 0 Å². The molecule has 1 heterocycles. The number of rotatable bonds is 1. The first-order valence-corrected chi connectivity index (χ1v) is 4.61. The molecule has 0 saturated heterocycles. The summed E-state index contributed by atoms with van der Waals surface area (Å²) in [7, 11) is 0. The van der Waals surface area contributed by atoms with Gasteiger partial charge in [-0.3, -0.25) is 0 Å². The normalized spacial score (nSPS) is 10.0. The zero-order valence-electron chi connectivity index (χ0n) is 6.40. The summed E-state index contributed by atoms with van der Waals surface area (Å²) in [4.78, 5) is 4.24. The molecule has 0 amide bonds. The molecular weight excluding hydrogens is 208 g/mol. The monoisotopic (exact) mass is 213 g/mol. The Morgan fingerprint density at radius 1 is 1.17 bits per heavy atom. The molecule has 2 nitrogen and oxygen atoms in total. The van der Waals surface area contributed by atoms with Crippen LogP contribution in [0.1, 0.15) is 0 Å². The van der Waals surface area contributed by atoms with E-state index in [0.717, 1.165) is 16.7 Å². The summed E-state index contributed by atoms with van der Waals surface area (Å²) in [6.07, 6.45) is 1.78. The molecule has 0 aliphatic rings. The first-order valence-electron chi connectivity index (χ1n) is 3.62. The Hall–Kier alpha value is -0.934. The van der Waals surface area contributed by atoms with E-state index in [0.29, 0.717) is 0 Å². The number of aromatic nitrogens is 1. The fraction of sp³-hybridized carbons (Fsp3) is 0. The van der Waals surface area contributed by atoms with Gasteiger partial charge in [0, 0.05) is 0 Å². The average molecular weight is 214 g/mol. The van der Waals surface area contributed by atoms with Crippen LogP contribution in [0.25, 0.3) is 10.9 Å². The Balaban J connectivity index is 2.79. The number of hydrogen-bond acceptors (Lipinski definition) is 2. The van der Waals surface area contributed by atoms with Crippen LogP contribution in [0.15, 0.2) is 36.5 Å². The molecule has 0 bridgehead atoms. The van der Waals surface area contributed by atoms with Gasteiger partial charge in [0.2, 0.25) is 0 Å². The third kappa shape index (κ3) is 1.21. The fourth-order valence-electron chi connectivity index (χ4n) is 1.17. The molecule has 0 atom stereocenters. The van der Waals surface area contributed by atoms with Gasteiger partial charge in [-0.05, 0) is 0 Å². The van der Waals surface area contributed by atoms with E-state index in [1.165, 1.54) is 19.0 Å². The first kappa shape index (κ1) is 7.70. The van der Waals surface area contributed by atoms with Crippen molar-refractivity contribution < 1.29 is 3.53 Å². The van der Waals surface area contributed by atoms with Crippen molar-refractivity contribution in [3.63, 3.8) is 0 Å². The first-order chi connectivity index (χ1) is 5.92. The van der Waals surface area contributed by atoms with Crippen LogP contribution in [0, 0.1) is 0 Å².